The fraction of sp³-hybridized carbons (Fsp3) is 0.0625. The molecule has 0 heterocycles. The van der Waals surface area contributed by atoms with Crippen LogP contribution < -0.4 is 16.0 Å². The van der Waals surface area contributed by atoms with E-state index in [0.717, 1.165) is 9.37 Å². The second-order valence-corrected chi connectivity index (χ2v) is 5.63. The fourth-order valence-electron chi connectivity index (χ4n) is 1.96. The first-order valence-electron chi connectivity index (χ1n) is 6.65. The van der Waals surface area contributed by atoms with Crippen LogP contribution in [0.15, 0.2) is 53.0 Å². The lowest BCUT2D eigenvalue weighted by atomic mass is 10.2. The Morgan fingerprint density at radius 3 is 2.39 bits per heavy atom. The second kappa shape index (κ2) is 7.06. The molecule has 3 N–H and O–H groups in total. The van der Waals surface area contributed by atoms with E-state index in [4.69, 9.17) is 5.73 Å². The number of imide groups is 1. The van der Waals surface area contributed by atoms with Gasteiger partial charge in [-0.1, -0.05) is 28.1 Å². The van der Waals surface area contributed by atoms with Crippen LogP contribution in [0.5, 0.6) is 0 Å². The number of rotatable bonds is 2. The standard InChI is InChI=1S/C16H14BrN3O3/c1-10(21)20(14-7-3-5-12(18)9-14)16(23)15(22)19-13-6-2-4-11(17)8-13/h2-9H,18H2,1H3,(H,19,22). The number of benzene rings is 2. The van der Waals surface area contributed by atoms with E-state index in [1.54, 1.807) is 36.4 Å². The highest BCUT2D eigenvalue weighted by molar-refractivity contribution is 9.10. The number of carbonyl (C=O) groups is 3. The zero-order chi connectivity index (χ0) is 17.0. The van der Waals surface area contributed by atoms with Gasteiger partial charge < -0.3 is 11.1 Å². The number of hydrogen-bond donors (Lipinski definition) is 2. The van der Waals surface area contributed by atoms with Crippen molar-refractivity contribution in [3.8, 4) is 0 Å². The predicted octanol–water partition coefficient (Wildman–Crippen LogP) is 2.55. The summed E-state index contributed by atoms with van der Waals surface area (Å²) in [7, 11) is 0. The quantitative estimate of drug-likeness (QED) is 0.622. The molecule has 0 fully saturated rings. The van der Waals surface area contributed by atoms with Gasteiger partial charge in [-0.25, -0.2) is 4.90 Å². The van der Waals surface area contributed by atoms with E-state index >= 15 is 0 Å². The molecule has 0 saturated heterocycles. The van der Waals surface area contributed by atoms with Crippen LogP contribution in [0.25, 0.3) is 0 Å². The summed E-state index contributed by atoms with van der Waals surface area (Å²) in [6.45, 7) is 1.20. The van der Waals surface area contributed by atoms with Crippen molar-refractivity contribution in [2.24, 2.45) is 0 Å². The third-order valence-electron chi connectivity index (χ3n) is 2.92. The number of anilines is 3. The summed E-state index contributed by atoms with van der Waals surface area (Å²) in [5.74, 6) is -2.48. The normalized spacial score (nSPS) is 10.0. The Kier molecular flexibility index (Phi) is 5.13. The molecule has 23 heavy (non-hydrogen) atoms. The molecule has 0 aromatic heterocycles. The molecule has 0 radical (unpaired) electrons. The zero-order valence-corrected chi connectivity index (χ0v) is 13.8. The SMILES string of the molecule is CC(=O)N(C(=O)C(=O)Nc1cccc(Br)c1)c1cccc(N)c1. The molecule has 0 atom stereocenters. The molecule has 0 aliphatic rings. The van der Waals surface area contributed by atoms with Gasteiger partial charge in [-0.2, -0.15) is 0 Å². The Morgan fingerprint density at radius 1 is 1.09 bits per heavy atom. The Labute approximate surface area is 141 Å². The van der Waals surface area contributed by atoms with Gasteiger partial charge in [-0.3, -0.25) is 14.4 Å². The molecule has 0 saturated carbocycles. The molecule has 118 valence electrons. The summed E-state index contributed by atoms with van der Waals surface area (Å²) in [5.41, 5.74) is 6.72. The Bertz CT molecular complexity index is 777. The summed E-state index contributed by atoms with van der Waals surface area (Å²) < 4.78 is 0.752. The van der Waals surface area contributed by atoms with Gasteiger partial charge in [-0.05, 0) is 36.4 Å². The molecule has 7 heteroatoms. The minimum Gasteiger partial charge on any atom is -0.399 e. The van der Waals surface area contributed by atoms with Gasteiger partial charge in [0.2, 0.25) is 5.91 Å². The maximum Gasteiger partial charge on any atom is 0.323 e. The molecule has 3 amide bonds. The molecule has 2 aromatic carbocycles. The van der Waals surface area contributed by atoms with Crippen LogP contribution in [0.1, 0.15) is 6.92 Å². The molecule has 0 unspecified atom stereocenters. The molecule has 0 spiro atoms. The summed E-state index contributed by atoms with van der Waals surface area (Å²) in [6.07, 6.45) is 0. The Morgan fingerprint density at radius 2 is 1.78 bits per heavy atom. The van der Waals surface area contributed by atoms with Crippen molar-refractivity contribution in [2.75, 3.05) is 16.0 Å². The minimum absolute atomic E-state index is 0.242. The fourth-order valence-corrected chi connectivity index (χ4v) is 2.36. The topological polar surface area (TPSA) is 92.5 Å². The van der Waals surface area contributed by atoms with Gasteiger partial charge in [0.15, 0.2) is 0 Å². The van der Waals surface area contributed by atoms with Crippen molar-refractivity contribution in [1.29, 1.82) is 0 Å². The summed E-state index contributed by atoms with van der Waals surface area (Å²) in [6, 6.07) is 13.0. The third kappa shape index (κ3) is 4.17. The van der Waals surface area contributed by atoms with Gasteiger partial charge in [0, 0.05) is 22.8 Å². The van der Waals surface area contributed by atoms with Crippen molar-refractivity contribution >= 4 is 50.7 Å². The first-order valence-corrected chi connectivity index (χ1v) is 7.45. The number of carbonyl (C=O) groups excluding carboxylic acids is 3. The number of nitrogen functional groups attached to an aromatic ring is 1. The summed E-state index contributed by atoms with van der Waals surface area (Å²) >= 11 is 3.27. The number of nitrogens with one attached hydrogen (secondary N) is 1. The summed E-state index contributed by atoms with van der Waals surface area (Å²) in [4.78, 5) is 37.0. The van der Waals surface area contributed by atoms with Crippen LogP contribution >= 0.6 is 15.9 Å². The number of nitrogens with zero attached hydrogens (tertiary/aromatic N) is 1. The first-order chi connectivity index (χ1) is 10.9. The number of hydrogen-bond acceptors (Lipinski definition) is 4. The highest BCUT2D eigenvalue weighted by Gasteiger charge is 2.27. The molecular weight excluding hydrogens is 362 g/mol. The van der Waals surface area contributed by atoms with E-state index in [-0.39, 0.29) is 5.69 Å². The van der Waals surface area contributed by atoms with Crippen molar-refractivity contribution in [1.82, 2.24) is 0 Å². The summed E-state index contributed by atoms with van der Waals surface area (Å²) in [5, 5.41) is 2.46. The van der Waals surface area contributed by atoms with Gasteiger partial charge in [0.1, 0.15) is 0 Å². The largest absolute Gasteiger partial charge is 0.399 e. The monoisotopic (exact) mass is 375 g/mol. The third-order valence-corrected chi connectivity index (χ3v) is 3.42. The zero-order valence-electron chi connectivity index (χ0n) is 12.2. The van der Waals surface area contributed by atoms with Crippen LogP contribution in [0.2, 0.25) is 0 Å². The van der Waals surface area contributed by atoms with Crippen LogP contribution in [0.3, 0.4) is 0 Å². The average Bonchev–Trinajstić information content (AvgIpc) is 2.47. The second-order valence-electron chi connectivity index (χ2n) is 4.72. The minimum atomic E-state index is -0.983. The highest BCUT2D eigenvalue weighted by atomic mass is 79.9. The number of nitrogens with two attached hydrogens (primary N) is 1. The highest BCUT2D eigenvalue weighted by Crippen LogP contribution is 2.19. The van der Waals surface area contributed by atoms with Crippen molar-refractivity contribution in [2.45, 2.75) is 6.92 Å². The van der Waals surface area contributed by atoms with Gasteiger partial charge in [0.25, 0.3) is 0 Å². The number of amides is 3. The van der Waals surface area contributed by atoms with E-state index < -0.39 is 17.7 Å². The lowest BCUT2D eigenvalue weighted by Gasteiger charge is -2.19. The van der Waals surface area contributed by atoms with Gasteiger partial charge in [-0.15, -0.1) is 0 Å². The molecule has 2 aromatic rings. The molecule has 0 aliphatic carbocycles. The Balaban J connectivity index is 2.24. The van der Waals surface area contributed by atoms with E-state index in [1.165, 1.54) is 19.1 Å². The first kappa shape index (κ1) is 16.7. The van der Waals surface area contributed by atoms with Crippen molar-refractivity contribution in [3.63, 3.8) is 0 Å². The van der Waals surface area contributed by atoms with E-state index in [9.17, 15) is 14.4 Å². The lowest BCUT2D eigenvalue weighted by Crippen LogP contribution is -2.42. The van der Waals surface area contributed by atoms with E-state index in [0.29, 0.717) is 11.4 Å². The van der Waals surface area contributed by atoms with Gasteiger partial charge in [0.05, 0.1) is 5.69 Å². The van der Waals surface area contributed by atoms with Crippen LogP contribution in [-0.2, 0) is 14.4 Å². The van der Waals surface area contributed by atoms with Crippen LogP contribution in [-0.4, -0.2) is 17.7 Å². The smallest absolute Gasteiger partial charge is 0.323 e. The van der Waals surface area contributed by atoms with Gasteiger partial charge >= 0.3 is 11.8 Å². The molecule has 0 aliphatic heterocycles. The van der Waals surface area contributed by atoms with Crippen LogP contribution in [0.4, 0.5) is 17.1 Å². The average molecular weight is 376 g/mol. The predicted molar refractivity (Wildman–Crippen MR) is 91.8 cm³/mol. The van der Waals surface area contributed by atoms with E-state index in [2.05, 4.69) is 21.2 Å². The maximum absolute atomic E-state index is 12.3. The molecule has 6 nitrogen and oxygen atoms in total. The molecule has 2 rings (SSSR count). The van der Waals surface area contributed by atoms with Crippen LogP contribution in [0, 0.1) is 0 Å². The van der Waals surface area contributed by atoms with Crippen molar-refractivity contribution in [3.05, 3.63) is 53.0 Å². The number of halogens is 1. The molecule has 0 bridgehead atoms. The van der Waals surface area contributed by atoms with E-state index in [1.807, 2.05) is 0 Å². The lowest BCUT2D eigenvalue weighted by molar-refractivity contribution is -0.136. The van der Waals surface area contributed by atoms with Crippen molar-refractivity contribution < 1.29 is 14.4 Å². The Hall–Kier alpha value is -2.67. The maximum atomic E-state index is 12.3. The molecular formula is C16H14BrN3O3.